The normalized spacial score (nSPS) is 11.1. The van der Waals surface area contributed by atoms with E-state index < -0.39 is 0 Å². The van der Waals surface area contributed by atoms with Crippen LogP contribution in [0.4, 0.5) is 0 Å². The molecule has 0 aromatic rings. The summed E-state index contributed by atoms with van der Waals surface area (Å²) in [7, 11) is 1.67. The summed E-state index contributed by atoms with van der Waals surface area (Å²) in [5.41, 5.74) is 0. The summed E-state index contributed by atoms with van der Waals surface area (Å²) in [4.78, 5) is 0. The minimum Gasteiger partial charge on any atom is -0.382 e. The largest absolute Gasteiger partial charge is 0.382 e. The first-order chi connectivity index (χ1) is 9.91. The van der Waals surface area contributed by atoms with Gasteiger partial charge in [-0.05, 0) is 38.8 Å². The molecule has 0 atom stereocenters. The Labute approximate surface area is 124 Å². The summed E-state index contributed by atoms with van der Waals surface area (Å²) >= 11 is 0. The van der Waals surface area contributed by atoms with Crippen molar-refractivity contribution in [3.63, 3.8) is 0 Å². The Morgan fingerprint density at radius 3 is 1.85 bits per heavy atom. The third kappa shape index (κ3) is 17.8. The molecule has 0 aliphatic rings. The standard InChI is InChI=1S/C15H33NO4/c1-3-7-16-8-5-4-6-9-18-12-13-20-15-14-19-11-10-17-2/h16H,3-15H2,1-2H3. The molecule has 0 radical (unpaired) electrons. The molecule has 0 rings (SSSR count). The fourth-order valence-corrected chi connectivity index (χ4v) is 1.62. The zero-order chi connectivity index (χ0) is 14.7. The van der Waals surface area contributed by atoms with Crippen molar-refractivity contribution in [2.24, 2.45) is 0 Å². The Balaban J connectivity index is 2.89. The molecule has 0 bridgehead atoms. The number of rotatable bonds is 17. The molecular weight excluding hydrogens is 258 g/mol. The highest BCUT2D eigenvalue weighted by molar-refractivity contribution is 4.47. The number of hydrogen-bond donors (Lipinski definition) is 1. The predicted octanol–water partition coefficient (Wildman–Crippen LogP) is 1.85. The van der Waals surface area contributed by atoms with E-state index in [1.165, 1.54) is 19.3 Å². The second-order valence-corrected chi connectivity index (χ2v) is 4.64. The van der Waals surface area contributed by atoms with Crippen molar-refractivity contribution in [1.82, 2.24) is 5.32 Å². The van der Waals surface area contributed by atoms with Crippen LogP contribution in [0.5, 0.6) is 0 Å². The summed E-state index contributed by atoms with van der Waals surface area (Å²) in [6, 6.07) is 0. The molecule has 0 spiro atoms. The highest BCUT2D eigenvalue weighted by Crippen LogP contribution is 1.95. The molecule has 20 heavy (non-hydrogen) atoms. The monoisotopic (exact) mass is 291 g/mol. The molecule has 0 aliphatic heterocycles. The van der Waals surface area contributed by atoms with E-state index in [4.69, 9.17) is 18.9 Å². The molecule has 0 aromatic heterocycles. The second-order valence-electron chi connectivity index (χ2n) is 4.64. The molecule has 0 saturated heterocycles. The van der Waals surface area contributed by atoms with E-state index in [9.17, 15) is 0 Å². The number of nitrogens with one attached hydrogen (secondary N) is 1. The molecule has 1 N–H and O–H groups in total. The van der Waals surface area contributed by atoms with Crippen molar-refractivity contribution in [2.75, 3.05) is 66.4 Å². The van der Waals surface area contributed by atoms with Gasteiger partial charge in [-0.15, -0.1) is 0 Å². The number of hydrogen-bond acceptors (Lipinski definition) is 5. The lowest BCUT2D eigenvalue weighted by Crippen LogP contribution is -2.16. The molecule has 0 heterocycles. The number of ether oxygens (including phenoxy) is 4. The van der Waals surface area contributed by atoms with Gasteiger partial charge in [-0.3, -0.25) is 0 Å². The van der Waals surface area contributed by atoms with Gasteiger partial charge in [0.05, 0.1) is 39.6 Å². The zero-order valence-electron chi connectivity index (χ0n) is 13.3. The third-order valence-corrected chi connectivity index (χ3v) is 2.74. The number of methoxy groups -OCH3 is 1. The molecule has 0 aromatic carbocycles. The van der Waals surface area contributed by atoms with E-state index in [0.29, 0.717) is 39.6 Å². The van der Waals surface area contributed by atoms with Crippen LogP contribution in [-0.2, 0) is 18.9 Å². The van der Waals surface area contributed by atoms with Crippen molar-refractivity contribution < 1.29 is 18.9 Å². The topological polar surface area (TPSA) is 49.0 Å². The molecule has 0 aliphatic carbocycles. The van der Waals surface area contributed by atoms with Crippen molar-refractivity contribution in [3.8, 4) is 0 Å². The van der Waals surface area contributed by atoms with E-state index in [1.54, 1.807) is 7.11 Å². The first-order valence-electron chi connectivity index (χ1n) is 7.84. The maximum Gasteiger partial charge on any atom is 0.0701 e. The molecule has 5 nitrogen and oxygen atoms in total. The Morgan fingerprint density at radius 1 is 0.650 bits per heavy atom. The highest BCUT2D eigenvalue weighted by atomic mass is 16.6. The van der Waals surface area contributed by atoms with Crippen molar-refractivity contribution >= 4 is 0 Å². The maximum absolute atomic E-state index is 5.50. The third-order valence-electron chi connectivity index (χ3n) is 2.74. The van der Waals surface area contributed by atoms with Gasteiger partial charge in [0.25, 0.3) is 0 Å². The zero-order valence-corrected chi connectivity index (χ0v) is 13.3. The summed E-state index contributed by atoms with van der Waals surface area (Å²) < 4.78 is 21.0. The Morgan fingerprint density at radius 2 is 1.25 bits per heavy atom. The Bertz CT molecular complexity index is 152. The minimum atomic E-state index is 0.619. The average Bonchev–Trinajstić information content (AvgIpc) is 2.47. The van der Waals surface area contributed by atoms with Crippen LogP contribution in [0, 0.1) is 0 Å². The van der Waals surface area contributed by atoms with Crippen LogP contribution in [0.15, 0.2) is 0 Å². The van der Waals surface area contributed by atoms with Gasteiger partial charge in [0.15, 0.2) is 0 Å². The van der Waals surface area contributed by atoms with Crippen molar-refractivity contribution in [1.29, 1.82) is 0 Å². The van der Waals surface area contributed by atoms with Gasteiger partial charge in [-0.1, -0.05) is 6.92 Å². The van der Waals surface area contributed by atoms with Crippen molar-refractivity contribution in [2.45, 2.75) is 32.6 Å². The average molecular weight is 291 g/mol. The Hall–Kier alpha value is -0.200. The van der Waals surface area contributed by atoms with E-state index in [2.05, 4.69) is 12.2 Å². The summed E-state index contributed by atoms with van der Waals surface area (Å²) in [5.74, 6) is 0. The van der Waals surface area contributed by atoms with Crippen LogP contribution in [0.1, 0.15) is 32.6 Å². The lowest BCUT2D eigenvalue weighted by Gasteiger charge is -2.07. The molecule has 0 unspecified atom stereocenters. The van der Waals surface area contributed by atoms with Gasteiger partial charge in [-0.25, -0.2) is 0 Å². The number of unbranched alkanes of at least 4 members (excludes halogenated alkanes) is 2. The molecule has 5 heteroatoms. The highest BCUT2D eigenvalue weighted by Gasteiger charge is 1.93. The van der Waals surface area contributed by atoms with Crippen LogP contribution >= 0.6 is 0 Å². The summed E-state index contributed by atoms with van der Waals surface area (Å²) in [6.07, 6.45) is 4.80. The SMILES string of the molecule is CCCNCCCCCOCCOCCOCCOC. The van der Waals surface area contributed by atoms with E-state index in [0.717, 1.165) is 26.1 Å². The van der Waals surface area contributed by atoms with Gasteiger partial charge in [0.1, 0.15) is 0 Å². The quantitative estimate of drug-likeness (QED) is 0.415. The van der Waals surface area contributed by atoms with Gasteiger partial charge in [-0.2, -0.15) is 0 Å². The summed E-state index contributed by atoms with van der Waals surface area (Å²) in [5, 5.41) is 3.40. The molecule has 122 valence electrons. The van der Waals surface area contributed by atoms with E-state index in [-0.39, 0.29) is 0 Å². The van der Waals surface area contributed by atoms with Crippen LogP contribution in [-0.4, -0.2) is 66.4 Å². The predicted molar refractivity (Wildman–Crippen MR) is 81.3 cm³/mol. The molecule has 0 fully saturated rings. The Kier molecular flexibility index (Phi) is 18.6. The second kappa shape index (κ2) is 18.8. The van der Waals surface area contributed by atoms with Crippen LogP contribution in [0.2, 0.25) is 0 Å². The first kappa shape index (κ1) is 19.8. The lowest BCUT2D eigenvalue weighted by atomic mass is 10.2. The smallest absolute Gasteiger partial charge is 0.0701 e. The minimum absolute atomic E-state index is 0.619. The molecule has 0 amide bonds. The van der Waals surface area contributed by atoms with Crippen LogP contribution in [0.25, 0.3) is 0 Å². The first-order valence-corrected chi connectivity index (χ1v) is 7.84. The van der Waals surface area contributed by atoms with Crippen LogP contribution in [0.3, 0.4) is 0 Å². The van der Waals surface area contributed by atoms with E-state index >= 15 is 0 Å². The fraction of sp³-hybridized carbons (Fsp3) is 1.00. The van der Waals surface area contributed by atoms with Gasteiger partial charge >= 0.3 is 0 Å². The van der Waals surface area contributed by atoms with Crippen LogP contribution < -0.4 is 5.32 Å². The van der Waals surface area contributed by atoms with Gasteiger partial charge in [0, 0.05) is 13.7 Å². The molecular formula is C15H33NO4. The van der Waals surface area contributed by atoms with Gasteiger partial charge in [0.2, 0.25) is 0 Å². The maximum atomic E-state index is 5.50. The van der Waals surface area contributed by atoms with E-state index in [1.807, 2.05) is 0 Å². The summed E-state index contributed by atoms with van der Waals surface area (Å²) in [6.45, 7) is 9.10. The lowest BCUT2D eigenvalue weighted by molar-refractivity contribution is 0.00325. The van der Waals surface area contributed by atoms with Crippen molar-refractivity contribution in [3.05, 3.63) is 0 Å². The fourth-order valence-electron chi connectivity index (χ4n) is 1.62. The molecule has 0 saturated carbocycles. The van der Waals surface area contributed by atoms with Gasteiger partial charge < -0.3 is 24.3 Å².